The first-order valence-corrected chi connectivity index (χ1v) is 5.47. The highest BCUT2D eigenvalue weighted by Crippen LogP contribution is 2.27. The summed E-state index contributed by atoms with van der Waals surface area (Å²) < 4.78 is 19.5. The number of nitriles is 1. The number of aromatic hydroxyl groups is 1. The first kappa shape index (κ1) is 13.4. The molecule has 7 heteroatoms. The highest BCUT2D eigenvalue weighted by Gasteiger charge is 2.23. The quantitative estimate of drug-likeness (QED) is 0.810. The van der Waals surface area contributed by atoms with E-state index in [1.165, 1.54) is 6.20 Å². The van der Waals surface area contributed by atoms with E-state index in [0.29, 0.717) is 0 Å². The highest BCUT2D eigenvalue weighted by molar-refractivity contribution is 5.96. The normalized spacial score (nSPS) is 10.1. The highest BCUT2D eigenvalue weighted by atomic mass is 19.1. The summed E-state index contributed by atoms with van der Waals surface area (Å²) >= 11 is 0. The maximum absolute atomic E-state index is 13.8. The first-order valence-electron chi connectivity index (χ1n) is 5.47. The van der Waals surface area contributed by atoms with Crippen LogP contribution in [0.25, 0.3) is 5.69 Å². The van der Waals surface area contributed by atoms with E-state index in [1.807, 2.05) is 0 Å². The molecule has 0 bridgehead atoms. The number of rotatable bonds is 2. The summed E-state index contributed by atoms with van der Waals surface area (Å²) in [4.78, 5) is 11.7. The van der Waals surface area contributed by atoms with E-state index < -0.39 is 11.8 Å². The lowest BCUT2D eigenvalue weighted by Gasteiger charge is -2.09. The van der Waals surface area contributed by atoms with Gasteiger partial charge in [-0.15, -0.1) is 0 Å². The van der Waals surface area contributed by atoms with Crippen LogP contribution in [-0.2, 0) is 4.74 Å². The lowest BCUT2D eigenvalue weighted by Crippen LogP contribution is -2.11. The number of nitrogens with zero attached hydrogens (tertiary/aromatic N) is 2. The molecule has 1 aromatic heterocycles. The average molecular weight is 275 g/mol. The molecular weight excluding hydrogens is 265 g/mol. The molecule has 0 unspecified atom stereocenters. The zero-order valence-corrected chi connectivity index (χ0v) is 10.4. The van der Waals surface area contributed by atoms with Gasteiger partial charge in [0.2, 0.25) is 0 Å². The van der Waals surface area contributed by atoms with Gasteiger partial charge >= 0.3 is 5.97 Å². The molecule has 0 aliphatic carbocycles. The van der Waals surface area contributed by atoms with Crippen molar-refractivity contribution in [1.82, 2.24) is 4.57 Å². The average Bonchev–Trinajstić information content (AvgIpc) is 2.77. The number of halogens is 1. The smallest absolute Gasteiger partial charge is 0.357 e. The minimum absolute atomic E-state index is 0.00754. The van der Waals surface area contributed by atoms with Gasteiger partial charge in [-0.25, -0.2) is 9.18 Å². The standard InChI is InChI=1S/C13H10FN3O3/c1-20-13(19)12-11(16)7(5-15)6-17(12)10-4-8(18)2-3-9(10)14/h2-4,6,18H,16H2,1H3. The topological polar surface area (TPSA) is 101 Å². The summed E-state index contributed by atoms with van der Waals surface area (Å²) in [5, 5.41) is 18.4. The molecule has 3 N–H and O–H groups in total. The number of carbonyl (C=O) groups is 1. The minimum Gasteiger partial charge on any atom is -0.508 e. The van der Waals surface area contributed by atoms with Crippen LogP contribution in [0.1, 0.15) is 16.1 Å². The van der Waals surface area contributed by atoms with Crippen molar-refractivity contribution in [2.24, 2.45) is 0 Å². The Hall–Kier alpha value is -3.01. The zero-order chi connectivity index (χ0) is 14.9. The summed E-state index contributed by atoms with van der Waals surface area (Å²) in [6, 6.07) is 5.11. The summed E-state index contributed by atoms with van der Waals surface area (Å²) in [5.41, 5.74) is 5.30. The predicted molar refractivity (Wildman–Crippen MR) is 67.9 cm³/mol. The van der Waals surface area contributed by atoms with Crippen molar-refractivity contribution in [2.45, 2.75) is 0 Å². The van der Waals surface area contributed by atoms with Crippen molar-refractivity contribution in [3.63, 3.8) is 0 Å². The molecule has 0 spiro atoms. The number of benzene rings is 1. The second kappa shape index (κ2) is 4.93. The molecule has 102 valence electrons. The number of hydrogen-bond donors (Lipinski definition) is 2. The number of esters is 1. The first-order chi connectivity index (χ1) is 9.49. The van der Waals surface area contributed by atoms with Crippen LogP contribution in [0.5, 0.6) is 5.75 Å². The number of phenolic OH excluding ortho intramolecular Hbond substituents is 1. The Morgan fingerprint density at radius 1 is 1.55 bits per heavy atom. The number of aromatic nitrogens is 1. The Labute approximate surface area is 113 Å². The molecule has 0 saturated carbocycles. The van der Waals surface area contributed by atoms with Crippen molar-refractivity contribution >= 4 is 11.7 Å². The van der Waals surface area contributed by atoms with Crippen LogP contribution >= 0.6 is 0 Å². The van der Waals surface area contributed by atoms with Gasteiger partial charge in [-0.1, -0.05) is 0 Å². The van der Waals surface area contributed by atoms with Crippen LogP contribution in [0.15, 0.2) is 24.4 Å². The van der Waals surface area contributed by atoms with E-state index in [9.17, 15) is 14.3 Å². The Morgan fingerprint density at radius 3 is 2.85 bits per heavy atom. The van der Waals surface area contributed by atoms with E-state index in [4.69, 9.17) is 11.0 Å². The van der Waals surface area contributed by atoms with E-state index in [1.54, 1.807) is 6.07 Å². The Kier molecular flexibility index (Phi) is 3.31. The molecule has 0 fully saturated rings. The van der Waals surface area contributed by atoms with E-state index in [2.05, 4.69) is 4.74 Å². The fraction of sp³-hybridized carbons (Fsp3) is 0.0769. The molecule has 1 aromatic carbocycles. The number of phenols is 1. The second-order valence-electron chi connectivity index (χ2n) is 3.91. The fourth-order valence-electron chi connectivity index (χ4n) is 1.79. The molecule has 2 rings (SSSR count). The lowest BCUT2D eigenvalue weighted by atomic mass is 10.2. The van der Waals surface area contributed by atoms with Gasteiger partial charge in [-0.2, -0.15) is 5.26 Å². The maximum atomic E-state index is 13.8. The Morgan fingerprint density at radius 2 is 2.25 bits per heavy atom. The Balaban J connectivity index is 2.77. The molecule has 0 aliphatic heterocycles. The number of hydrogen-bond acceptors (Lipinski definition) is 5. The van der Waals surface area contributed by atoms with Gasteiger partial charge in [0.1, 0.15) is 17.6 Å². The fourth-order valence-corrected chi connectivity index (χ4v) is 1.79. The number of nitrogens with two attached hydrogens (primary N) is 1. The van der Waals surface area contributed by atoms with E-state index in [0.717, 1.165) is 29.9 Å². The van der Waals surface area contributed by atoms with Crippen LogP contribution < -0.4 is 5.73 Å². The van der Waals surface area contributed by atoms with E-state index >= 15 is 0 Å². The summed E-state index contributed by atoms with van der Waals surface area (Å²) in [7, 11) is 1.14. The van der Waals surface area contributed by atoms with Crippen molar-refractivity contribution in [1.29, 1.82) is 5.26 Å². The third-order valence-corrected chi connectivity index (χ3v) is 2.73. The van der Waals surface area contributed by atoms with Gasteiger partial charge in [0.25, 0.3) is 0 Å². The second-order valence-corrected chi connectivity index (χ2v) is 3.91. The summed E-state index contributed by atoms with van der Waals surface area (Å²) in [6.07, 6.45) is 1.21. The predicted octanol–water partition coefficient (Wildman–Crippen LogP) is 1.56. The zero-order valence-electron chi connectivity index (χ0n) is 10.4. The van der Waals surface area contributed by atoms with Crippen molar-refractivity contribution in [3.8, 4) is 17.5 Å². The van der Waals surface area contributed by atoms with Gasteiger partial charge in [-0.3, -0.25) is 0 Å². The number of carbonyl (C=O) groups excluding carboxylic acids is 1. The van der Waals surface area contributed by atoms with Crippen LogP contribution in [0.3, 0.4) is 0 Å². The van der Waals surface area contributed by atoms with E-state index in [-0.39, 0.29) is 28.4 Å². The van der Waals surface area contributed by atoms with Crippen LogP contribution in [-0.4, -0.2) is 22.8 Å². The van der Waals surface area contributed by atoms with Gasteiger partial charge in [0, 0.05) is 12.3 Å². The summed E-state index contributed by atoms with van der Waals surface area (Å²) in [5.74, 6) is -1.69. The van der Waals surface area contributed by atoms with Crippen LogP contribution in [0, 0.1) is 17.1 Å². The lowest BCUT2D eigenvalue weighted by molar-refractivity contribution is 0.0593. The number of methoxy groups -OCH3 is 1. The van der Waals surface area contributed by atoms with Gasteiger partial charge in [0.15, 0.2) is 5.69 Å². The molecule has 6 nitrogen and oxygen atoms in total. The summed E-state index contributed by atoms with van der Waals surface area (Å²) in [6.45, 7) is 0. The Bertz CT molecular complexity index is 731. The van der Waals surface area contributed by atoms with Crippen molar-refractivity contribution in [2.75, 3.05) is 12.8 Å². The van der Waals surface area contributed by atoms with Gasteiger partial charge in [0.05, 0.1) is 24.0 Å². The molecule has 0 atom stereocenters. The molecule has 2 aromatic rings. The maximum Gasteiger partial charge on any atom is 0.357 e. The largest absolute Gasteiger partial charge is 0.508 e. The SMILES string of the molecule is COC(=O)c1c(N)c(C#N)cn1-c1cc(O)ccc1F. The monoisotopic (exact) mass is 275 g/mol. The number of nitrogen functional groups attached to an aromatic ring is 1. The van der Waals surface area contributed by atoms with Crippen molar-refractivity contribution < 1.29 is 19.0 Å². The molecule has 0 radical (unpaired) electrons. The number of anilines is 1. The third-order valence-electron chi connectivity index (χ3n) is 2.73. The molecular formula is C13H10FN3O3. The molecule has 0 aliphatic rings. The number of ether oxygens (including phenoxy) is 1. The van der Waals surface area contributed by atoms with Crippen LogP contribution in [0.2, 0.25) is 0 Å². The minimum atomic E-state index is -0.813. The van der Waals surface area contributed by atoms with Crippen LogP contribution in [0.4, 0.5) is 10.1 Å². The molecule has 20 heavy (non-hydrogen) atoms. The van der Waals surface area contributed by atoms with Crippen molar-refractivity contribution in [3.05, 3.63) is 41.5 Å². The molecule has 0 amide bonds. The molecule has 1 heterocycles. The van der Waals surface area contributed by atoms with Gasteiger partial charge in [-0.05, 0) is 12.1 Å². The van der Waals surface area contributed by atoms with Gasteiger partial charge < -0.3 is 20.1 Å². The third kappa shape index (κ3) is 2.03. The molecule has 0 saturated heterocycles.